The zero-order valence-corrected chi connectivity index (χ0v) is 12.2. The summed E-state index contributed by atoms with van der Waals surface area (Å²) in [6.45, 7) is 9.88. The highest BCUT2D eigenvalue weighted by molar-refractivity contribution is 4.82. The van der Waals surface area contributed by atoms with E-state index in [0.717, 1.165) is 6.54 Å². The molecule has 0 saturated carbocycles. The summed E-state index contributed by atoms with van der Waals surface area (Å²) in [6.07, 6.45) is 3.20. The van der Waals surface area contributed by atoms with E-state index >= 15 is 0 Å². The Hall–Kier alpha value is -1.04. The van der Waals surface area contributed by atoms with Gasteiger partial charge in [0.1, 0.15) is 6.20 Å². The molecule has 0 aliphatic carbocycles. The molecule has 18 heavy (non-hydrogen) atoms. The molecule has 0 radical (unpaired) electrons. The number of rotatable bonds is 7. The van der Waals surface area contributed by atoms with E-state index in [-0.39, 0.29) is 5.06 Å². The van der Waals surface area contributed by atoms with Gasteiger partial charge in [0, 0.05) is 12.5 Å². The van der Waals surface area contributed by atoms with E-state index in [9.17, 15) is 5.21 Å². The first-order chi connectivity index (χ1) is 8.52. The van der Waals surface area contributed by atoms with Crippen LogP contribution in [0.3, 0.4) is 0 Å². The van der Waals surface area contributed by atoms with Gasteiger partial charge in [-0.1, -0.05) is 26.5 Å². The van der Waals surface area contributed by atoms with Crippen molar-refractivity contribution in [3.63, 3.8) is 0 Å². The number of hydrogen-bond acceptors (Lipinski definition) is 2. The molecule has 0 heterocycles. The van der Waals surface area contributed by atoms with Crippen LogP contribution in [0.1, 0.15) is 27.7 Å². The molecule has 3 nitrogen and oxygen atoms in total. The summed E-state index contributed by atoms with van der Waals surface area (Å²) in [4.78, 5) is 0. The van der Waals surface area contributed by atoms with Crippen LogP contribution in [0.15, 0.2) is 29.5 Å². The monoisotopic (exact) mass is 250 g/mol. The Bertz CT molecular complexity index is 344. The molecule has 3 atom stereocenters. The first-order valence-corrected chi connectivity index (χ1v) is 6.57. The van der Waals surface area contributed by atoms with E-state index in [1.807, 2.05) is 14.0 Å². The highest BCUT2D eigenvalue weighted by Gasteiger charge is 2.21. The Labute approximate surface area is 111 Å². The maximum Gasteiger partial charge on any atom is 0.146 e. The van der Waals surface area contributed by atoms with Crippen molar-refractivity contribution >= 4 is 0 Å². The van der Waals surface area contributed by atoms with Crippen LogP contribution in [0.25, 0.3) is 0 Å². The second kappa shape index (κ2) is 9.94. The van der Waals surface area contributed by atoms with Gasteiger partial charge in [-0.05, 0) is 43.3 Å². The van der Waals surface area contributed by atoms with Gasteiger partial charge in [0.25, 0.3) is 0 Å². The third-order valence-electron chi connectivity index (χ3n) is 3.25. The molecule has 2 N–H and O–H groups in total. The van der Waals surface area contributed by atoms with Crippen molar-refractivity contribution in [3.05, 3.63) is 34.7 Å². The average Bonchev–Trinajstić information content (AvgIpc) is 2.33. The van der Waals surface area contributed by atoms with Gasteiger partial charge in [-0.15, -0.1) is 0 Å². The number of nitrogens with one attached hydrogen (secondary N) is 2. The van der Waals surface area contributed by atoms with Crippen LogP contribution in [-0.4, -0.2) is 20.1 Å². The fourth-order valence-corrected chi connectivity index (χ4v) is 1.80. The molecular formula is C15H26N2O. The number of quaternary nitrogens is 1. The van der Waals surface area contributed by atoms with Gasteiger partial charge in [0.05, 0.1) is 6.54 Å². The van der Waals surface area contributed by atoms with Crippen LogP contribution in [0.2, 0.25) is 0 Å². The molecule has 3 unspecified atom stereocenters. The molecule has 0 fully saturated rings. The van der Waals surface area contributed by atoms with Gasteiger partial charge in [0.15, 0.2) is 0 Å². The minimum atomic E-state index is 0.105. The molecule has 0 aliphatic rings. The molecule has 0 saturated heterocycles. The Morgan fingerprint density at radius 1 is 1.28 bits per heavy atom. The minimum absolute atomic E-state index is 0.105. The predicted molar refractivity (Wildman–Crippen MR) is 76.0 cm³/mol. The van der Waals surface area contributed by atoms with Gasteiger partial charge >= 0.3 is 0 Å². The lowest BCUT2D eigenvalue weighted by atomic mass is 9.84. The van der Waals surface area contributed by atoms with Crippen molar-refractivity contribution in [2.45, 2.75) is 27.7 Å². The van der Waals surface area contributed by atoms with Crippen molar-refractivity contribution in [2.75, 3.05) is 20.1 Å². The average molecular weight is 250 g/mol. The largest absolute Gasteiger partial charge is 0.629 e. The fourth-order valence-electron chi connectivity index (χ4n) is 1.80. The third-order valence-corrected chi connectivity index (χ3v) is 3.25. The maximum absolute atomic E-state index is 11.8. The summed E-state index contributed by atoms with van der Waals surface area (Å²) in [5, 5.41) is 15.1. The van der Waals surface area contributed by atoms with Crippen LogP contribution in [0.5, 0.6) is 0 Å². The molecule has 0 bridgehead atoms. The molecule has 0 rings (SSSR count). The fraction of sp³-hybridized carbons (Fsp3) is 0.667. The Morgan fingerprint density at radius 2 is 1.94 bits per heavy atom. The Balaban J connectivity index is 4.59. The minimum Gasteiger partial charge on any atom is -0.629 e. The van der Waals surface area contributed by atoms with Crippen LogP contribution >= 0.6 is 0 Å². The van der Waals surface area contributed by atoms with Crippen LogP contribution in [0.4, 0.5) is 0 Å². The topological polar surface area (TPSA) is 39.5 Å². The van der Waals surface area contributed by atoms with E-state index in [1.165, 1.54) is 6.20 Å². The molecule has 0 aliphatic heterocycles. The first kappa shape index (κ1) is 17.0. The van der Waals surface area contributed by atoms with Crippen LogP contribution < -0.4 is 10.4 Å². The predicted octanol–water partition coefficient (Wildman–Crippen LogP) is 1.50. The Kier molecular flexibility index (Phi) is 9.36. The zero-order chi connectivity index (χ0) is 14.0. The lowest BCUT2D eigenvalue weighted by molar-refractivity contribution is -0.796. The third kappa shape index (κ3) is 7.32. The smallest absolute Gasteiger partial charge is 0.146 e. The normalized spacial score (nSPS) is 15.1. The molecule has 0 aromatic rings. The molecule has 0 amide bonds. The van der Waals surface area contributed by atoms with Crippen molar-refractivity contribution in [2.24, 2.45) is 17.8 Å². The summed E-state index contributed by atoms with van der Waals surface area (Å²) in [5.74, 6) is 1.47. The summed E-state index contributed by atoms with van der Waals surface area (Å²) >= 11 is 0. The molecule has 0 aromatic heterocycles. The summed E-state index contributed by atoms with van der Waals surface area (Å²) < 4.78 is 0. The lowest BCUT2D eigenvalue weighted by Gasteiger charge is -2.29. The van der Waals surface area contributed by atoms with Gasteiger partial charge in [0.2, 0.25) is 0 Å². The SMILES string of the molecule is CC=C=C=C=C[NH+]([O-])CC(CNC)C(C)C(C)C. The second-order valence-corrected chi connectivity index (χ2v) is 4.94. The van der Waals surface area contributed by atoms with Crippen LogP contribution in [0, 0.1) is 23.0 Å². The molecule has 0 spiro atoms. The maximum atomic E-state index is 11.8. The summed E-state index contributed by atoms with van der Waals surface area (Å²) in [6, 6.07) is 0. The number of allylic oxidation sites excluding steroid dienone is 1. The van der Waals surface area contributed by atoms with Gasteiger partial charge in [-0.2, -0.15) is 0 Å². The van der Waals surface area contributed by atoms with E-state index in [1.54, 1.807) is 6.08 Å². The highest BCUT2D eigenvalue weighted by atomic mass is 16.5. The highest BCUT2D eigenvalue weighted by Crippen LogP contribution is 2.18. The van der Waals surface area contributed by atoms with E-state index < -0.39 is 0 Å². The molecular weight excluding hydrogens is 224 g/mol. The van der Waals surface area contributed by atoms with Crippen molar-refractivity contribution in [1.82, 2.24) is 5.32 Å². The van der Waals surface area contributed by atoms with Crippen LogP contribution in [-0.2, 0) is 0 Å². The summed E-state index contributed by atoms with van der Waals surface area (Å²) in [5.41, 5.74) is 8.13. The van der Waals surface area contributed by atoms with E-state index in [2.05, 4.69) is 43.3 Å². The van der Waals surface area contributed by atoms with Gasteiger partial charge in [-0.25, -0.2) is 0 Å². The van der Waals surface area contributed by atoms with Gasteiger partial charge in [-0.3, -0.25) is 0 Å². The number of hydrogen-bond donors (Lipinski definition) is 2. The van der Waals surface area contributed by atoms with Crippen molar-refractivity contribution in [1.29, 1.82) is 0 Å². The molecule has 102 valence electrons. The van der Waals surface area contributed by atoms with Crippen molar-refractivity contribution < 1.29 is 5.06 Å². The second-order valence-electron chi connectivity index (χ2n) is 4.94. The molecule has 0 aromatic carbocycles. The molecule has 3 heteroatoms. The number of hydroxylamine groups is 2. The summed E-state index contributed by atoms with van der Waals surface area (Å²) in [7, 11) is 1.93. The standard InChI is InChI=1S/C15H26N2O/c1-6-7-8-9-10-17(18)12-15(11-16-5)14(4)13(2)3/h6,10,13-17H,11-12H2,1-5H3. The van der Waals surface area contributed by atoms with Crippen molar-refractivity contribution in [3.8, 4) is 0 Å². The lowest BCUT2D eigenvalue weighted by Crippen LogP contribution is -3.03. The van der Waals surface area contributed by atoms with E-state index in [0.29, 0.717) is 24.3 Å². The zero-order valence-electron chi connectivity index (χ0n) is 12.2. The Morgan fingerprint density at radius 3 is 2.44 bits per heavy atom. The van der Waals surface area contributed by atoms with E-state index in [4.69, 9.17) is 0 Å². The first-order valence-electron chi connectivity index (χ1n) is 6.57. The van der Waals surface area contributed by atoms with Gasteiger partial charge < -0.3 is 15.6 Å². The quantitative estimate of drug-likeness (QED) is 0.531.